The number of esters is 1. The molecular formula is C22H25NO3. The Morgan fingerprint density at radius 2 is 1.54 bits per heavy atom. The van der Waals surface area contributed by atoms with Crippen molar-refractivity contribution in [3.8, 4) is 0 Å². The number of aliphatic hydroxyl groups is 1. The van der Waals surface area contributed by atoms with Crippen LogP contribution < -0.4 is 0 Å². The third-order valence-electron chi connectivity index (χ3n) is 4.59. The highest BCUT2D eigenvalue weighted by atomic mass is 16.5. The van der Waals surface area contributed by atoms with E-state index in [1.165, 1.54) is 0 Å². The quantitative estimate of drug-likeness (QED) is 0.380. The first-order chi connectivity index (χ1) is 12.7. The number of benzene rings is 3. The van der Waals surface area contributed by atoms with Crippen molar-refractivity contribution < 1.29 is 14.6 Å². The average molecular weight is 351 g/mol. The Bertz CT molecular complexity index is 837. The summed E-state index contributed by atoms with van der Waals surface area (Å²) in [6.07, 6.45) is 1.54. The van der Waals surface area contributed by atoms with E-state index < -0.39 is 0 Å². The molecule has 0 bridgehead atoms. The van der Waals surface area contributed by atoms with Crippen LogP contribution in [0, 0.1) is 0 Å². The molecule has 3 aromatic rings. The molecular weight excluding hydrogens is 326 g/mol. The Morgan fingerprint density at radius 3 is 2.15 bits per heavy atom. The summed E-state index contributed by atoms with van der Waals surface area (Å²) in [5.74, 6) is -0.268. The van der Waals surface area contributed by atoms with Crippen molar-refractivity contribution in [1.29, 1.82) is 0 Å². The zero-order valence-electron chi connectivity index (χ0n) is 15.1. The van der Waals surface area contributed by atoms with E-state index in [0.29, 0.717) is 12.2 Å². The Kier molecular flexibility index (Phi) is 6.21. The van der Waals surface area contributed by atoms with Gasteiger partial charge in [0, 0.05) is 19.7 Å². The number of ether oxygens (including phenoxy) is 1. The minimum Gasteiger partial charge on any atom is -0.462 e. The van der Waals surface area contributed by atoms with Crippen molar-refractivity contribution >= 4 is 27.5 Å². The Hall–Kier alpha value is -2.43. The standard InChI is InChI=1S/C22H25NO3/c1-23(12-6-14-24)13-7-15-26-22(25)21-19-10-4-2-8-17(19)16-18-9-3-5-11-20(18)21/h2-5,8-11,16,24H,6-7,12-15H2,1H3. The van der Waals surface area contributed by atoms with Gasteiger partial charge in [0.2, 0.25) is 0 Å². The number of rotatable bonds is 8. The molecule has 0 saturated carbocycles. The molecule has 136 valence electrons. The molecule has 0 amide bonds. The number of hydrogen-bond acceptors (Lipinski definition) is 4. The number of carbonyl (C=O) groups excluding carboxylic acids is 1. The molecule has 0 aromatic heterocycles. The second-order valence-corrected chi connectivity index (χ2v) is 6.56. The first kappa shape index (κ1) is 18.4. The summed E-state index contributed by atoms with van der Waals surface area (Å²) in [5, 5.41) is 12.8. The molecule has 1 N–H and O–H groups in total. The number of aliphatic hydroxyl groups excluding tert-OH is 1. The molecule has 0 saturated heterocycles. The summed E-state index contributed by atoms with van der Waals surface area (Å²) in [6.45, 7) is 2.27. The van der Waals surface area contributed by atoms with Crippen LogP contribution in [-0.4, -0.2) is 49.3 Å². The van der Waals surface area contributed by atoms with E-state index in [9.17, 15) is 4.79 Å². The first-order valence-electron chi connectivity index (χ1n) is 9.07. The van der Waals surface area contributed by atoms with Crippen LogP contribution in [-0.2, 0) is 4.74 Å². The summed E-state index contributed by atoms with van der Waals surface area (Å²) >= 11 is 0. The first-order valence-corrected chi connectivity index (χ1v) is 9.07. The Morgan fingerprint density at radius 1 is 0.962 bits per heavy atom. The van der Waals surface area contributed by atoms with E-state index in [0.717, 1.165) is 47.5 Å². The van der Waals surface area contributed by atoms with Crippen molar-refractivity contribution in [1.82, 2.24) is 4.90 Å². The summed E-state index contributed by atoms with van der Waals surface area (Å²) in [6, 6.07) is 18.0. The van der Waals surface area contributed by atoms with Gasteiger partial charge in [0.05, 0.1) is 12.2 Å². The fraction of sp³-hybridized carbons (Fsp3) is 0.318. The highest BCUT2D eigenvalue weighted by Gasteiger charge is 2.16. The molecule has 4 heteroatoms. The van der Waals surface area contributed by atoms with E-state index in [2.05, 4.69) is 11.0 Å². The van der Waals surface area contributed by atoms with Crippen LogP contribution >= 0.6 is 0 Å². The van der Waals surface area contributed by atoms with Crippen LogP contribution in [0.2, 0.25) is 0 Å². The molecule has 0 atom stereocenters. The predicted octanol–water partition coefficient (Wildman–Crippen LogP) is 3.85. The van der Waals surface area contributed by atoms with Gasteiger partial charge in [-0.2, -0.15) is 0 Å². The molecule has 0 radical (unpaired) electrons. The Balaban J connectivity index is 1.75. The summed E-state index contributed by atoms with van der Waals surface area (Å²) in [5.41, 5.74) is 0.646. The lowest BCUT2D eigenvalue weighted by molar-refractivity contribution is 0.0495. The SMILES string of the molecule is CN(CCCO)CCCOC(=O)c1c2ccccc2cc2ccccc12. The molecule has 0 spiro atoms. The average Bonchev–Trinajstić information content (AvgIpc) is 2.67. The smallest absolute Gasteiger partial charge is 0.339 e. The minimum atomic E-state index is -0.268. The third kappa shape index (κ3) is 4.21. The number of fused-ring (bicyclic) bond motifs is 2. The summed E-state index contributed by atoms with van der Waals surface area (Å²) < 4.78 is 5.58. The molecule has 0 aliphatic heterocycles. The largest absolute Gasteiger partial charge is 0.462 e. The maximum Gasteiger partial charge on any atom is 0.339 e. The van der Waals surface area contributed by atoms with Gasteiger partial charge in [-0.3, -0.25) is 0 Å². The lowest BCUT2D eigenvalue weighted by Gasteiger charge is -2.16. The summed E-state index contributed by atoms with van der Waals surface area (Å²) in [7, 11) is 2.01. The van der Waals surface area contributed by atoms with E-state index in [-0.39, 0.29) is 12.6 Å². The van der Waals surface area contributed by atoms with Crippen molar-refractivity contribution in [2.75, 3.05) is 33.4 Å². The van der Waals surface area contributed by atoms with Crippen molar-refractivity contribution in [3.05, 3.63) is 60.2 Å². The fourth-order valence-corrected chi connectivity index (χ4v) is 3.26. The Labute approximate surface area is 154 Å². The third-order valence-corrected chi connectivity index (χ3v) is 4.59. The van der Waals surface area contributed by atoms with Gasteiger partial charge < -0.3 is 14.7 Å². The number of hydrogen-bond donors (Lipinski definition) is 1. The molecule has 4 nitrogen and oxygen atoms in total. The fourth-order valence-electron chi connectivity index (χ4n) is 3.26. The highest BCUT2D eigenvalue weighted by molar-refractivity contribution is 6.16. The van der Waals surface area contributed by atoms with E-state index in [4.69, 9.17) is 9.84 Å². The summed E-state index contributed by atoms with van der Waals surface area (Å²) in [4.78, 5) is 15.0. The van der Waals surface area contributed by atoms with Crippen molar-refractivity contribution in [2.45, 2.75) is 12.8 Å². The van der Waals surface area contributed by atoms with Gasteiger partial charge in [-0.25, -0.2) is 4.79 Å². The van der Waals surface area contributed by atoms with E-state index in [1.807, 2.05) is 55.6 Å². The maximum atomic E-state index is 12.8. The number of carbonyl (C=O) groups is 1. The van der Waals surface area contributed by atoms with Gasteiger partial charge in [0.25, 0.3) is 0 Å². The van der Waals surface area contributed by atoms with Crippen molar-refractivity contribution in [2.24, 2.45) is 0 Å². The van der Waals surface area contributed by atoms with Crippen LogP contribution in [0.1, 0.15) is 23.2 Å². The van der Waals surface area contributed by atoms with Crippen molar-refractivity contribution in [3.63, 3.8) is 0 Å². The van der Waals surface area contributed by atoms with Gasteiger partial charge in [-0.1, -0.05) is 48.5 Å². The predicted molar refractivity (Wildman–Crippen MR) is 106 cm³/mol. The van der Waals surface area contributed by atoms with Crippen LogP contribution in [0.4, 0.5) is 0 Å². The van der Waals surface area contributed by atoms with E-state index >= 15 is 0 Å². The molecule has 0 fully saturated rings. The van der Waals surface area contributed by atoms with Gasteiger partial charge in [0.1, 0.15) is 0 Å². The zero-order valence-corrected chi connectivity index (χ0v) is 15.1. The van der Waals surface area contributed by atoms with Crippen LogP contribution in [0.5, 0.6) is 0 Å². The molecule has 26 heavy (non-hydrogen) atoms. The second kappa shape index (κ2) is 8.79. The van der Waals surface area contributed by atoms with E-state index in [1.54, 1.807) is 0 Å². The molecule has 0 heterocycles. The van der Waals surface area contributed by atoms with Crippen LogP contribution in [0.15, 0.2) is 54.6 Å². The molecule has 3 rings (SSSR count). The number of nitrogens with zero attached hydrogens (tertiary/aromatic N) is 1. The van der Waals surface area contributed by atoms with Gasteiger partial charge >= 0.3 is 5.97 Å². The van der Waals surface area contributed by atoms with Crippen LogP contribution in [0.3, 0.4) is 0 Å². The molecule has 3 aromatic carbocycles. The lowest BCUT2D eigenvalue weighted by atomic mass is 9.97. The van der Waals surface area contributed by atoms with Gasteiger partial charge in [0.15, 0.2) is 0 Å². The zero-order chi connectivity index (χ0) is 18.4. The van der Waals surface area contributed by atoms with Crippen LogP contribution in [0.25, 0.3) is 21.5 Å². The van der Waals surface area contributed by atoms with Gasteiger partial charge in [-0.15, -0.1) is 0 Å². The topological polar surface area (TPSA) is 49.8 Å². The van der Waals surface area contributed by atoms with Gasteiger partial charge in [-0.05, 0) is 47.5 Å². The molecule has 0 unspecified atom stereocenters. The molecule has 0 aliphatic rings. The maximum absolute atomic E-state index is 12.8. The molecule has 0 aliphatic carbocycles. The highest BCUT2D eigenvalue weighted by Crippen LogP contribution is 2.29. The monoisotopic (exact) mass is 351 g/mol. The second-order valence-electron chi connectivity index (χ2n) is 6.56. The lowest BCUT2D eigenvalue weighted by Crippen LogP contribution is -2.23. The minimum absolute atomic E-state index is 0.202. The normalized spacial score (nSPS) is 11.3.